The first-order valence-corrected chi connectivity index (χ1v) is 5.62. The van der Waals surface area contributed by atoms with E-state index in [2.05, 4.69) is 15.2 Å². The molecule has 0 saturated heterocycles. The van der Waals surface area contributed by atoms with Gasteiger partial charge in [0.05, 0.1) is 5.39 Å². The molecular formula is C12H8ClN3O2. The number of rotatable bonds is 1. The van der Waals surface area contributed by atoms with Crippen molar-refractivity contribution in [1.29, 1.82) is 0 Å². The van der Waals surface area contributed by atoms with Gasteiger partial charge < -0.3 is 4.98 Å². The summed E-state index contributed by atoms with van der Waals surface area (Å²) in [4.78, 5) is 25.8. The predicted molar refractivity (Wildman–Crippen MR) is 70.0 cm³/mol. The Labute approximate surface area is 105 Å². The van der Waals surface area contributed by atoms with Gasteiger partial charge in [-0.1, -0.05) is 23.7 Å². The summed E-state index contributed by atoms with van der Waals surface area (Å²) in [6, 6.07) is 8.36. The Morgan fingerprint density at radius 1 is 1.00 bits per heavy atom. The van der Waals surface area contributed by atoms with Crippen LogP contribution in [-0.2, 0) is 0 Å². The van der Waals surface area contributed by atoms with Gasteiger partial charge >= 0.3 is 0 Å². The maximum Gasteiger partial charge on any atom is 0.274 e. The third-order valence-corrected chi connectivity index (χ3v) is 2.98. The second kappa shape index (κ2) is 3.89. The summed E-state index contributed by atoms with van der Waals surface area (Å²) in [5, 5.41) is 6.11. The van der Waals surface area contributed by atoms with Crippen molar-refractivity contribution in [1.82, 2.24) is 15.2 Å². The Morgan fingerprint density at radius 2 is 1.72 bits per heavy atom. The van der Waals surface area contributed by atoms with E-state index in [0.29, 0.717) is 21.6 Å². The van der Waals surface area contributed by atoms with Gasteiger partial charge in [-0.3, -0.25) is 19.8 Å². The monoisotopic (exact) mass is 261 g/mol. The quantitative estimate of drug-likeness (QED) is 0.625. The number of pyridine rings is 1. The molecule has 0 aliphatic heterocycles. The number of aromatic nitrogens is 3. The van der Waals surface area contributed by atoms with Crippen molar-refractivity contribution in [3.8, 4) is 11.1 Å². The van der Waals surface area contributed by atoms with E-state index in [1.807, 2.05) is 0 Å². The Bertz CT molecular complexity index is 827. The van der Waals surface area contributed by atoms with E-state index in [0.717, 1.165) is 5.56 Å². The molecule has 0 aliphatic carbocycles. The highest BCUT2D eigenvalue weighted by Crippen LogP contribution is 2.24. The molecule has 0 aliphatic rings. The average Bonchev–Trinajstić information content (AvgIpc) is 2.71. The highest BCUT2D eigenvalue weighted by Gasteiger charge is 2.10. The Balaban J connectivity index is 2.40. The van der Waals surface area contributed by atoms with Crippen LogP contribution in [0.2, 0.25) is 5.02 Å². The molecule has 0 spiro atoms. The molecular weight excluding hydrogens is 254 g/mol. The second-order valence-corrected chi connectivity index (χ2v) is 4.32. The van der Waals surface area contributed by atoms with Crippen LogP contribution in [0.25, 0.3) is 22.2 Å². The molecule has 18 heavy (non-hydrogen) atoms. The maximum absolute atomic E-state index is 11.7. The molecule has 5 nitrogen and oxygen atoms in total. The van der Waals surface area contributed by atoms with E-state index in [1.165, 1.54) is 6.07 Å². The predicted octanol–water partition coefficient (Wildman–Crippen LogP) is 1.86. The van der Waals surface area contributed by atoms with Crippen LogP contribution < -0.4 is 11.1 Å². The summed E-state index contributed by atoms with van der Waals surface area (Å²) in [5.74, 6) is 0. The van der Waals surface area contributed by atoms with Crippen molar-refractivity contribution in [2.24, 2.45) is 0 Å². The highest BCUT2D eigenvalue weighted by molar-refractivity contribution is 6.30. The van der Waals surface area contributed by atoms with Crippen LogP contribution in [-0.4, -0.2) is 15.2 Å². The fourth-order valence-corrected chi connectivity index (χ4v) is 2.05. The van der Waals surface area contributed by atoms with Crippen LogP contribution in [0.15, 0.2) is 39.9 Å². The van der Waals surface area contributed by atoms with Gasteiger partial charge in [0, 0.05) is 16.7 Å². The highest BCUT2D eigenvalue weighted by atomic mass is 35.5. The summed E-state index contributed by atoms with van der Waals surface area (Å²) >= 11 is 5.82. The van der Waals surface area contributed by atoms with Gasteiger partial charge in [-0.05, 0) is 17.7 Å². The normalized spacial score (nSPS) is 10.9. The van der Waals surface area contributed by atoms with E-state index in [9.17, 15) is 9.59 Å². The summed E-state index contributed by atoms with van der Waals surface area (Å²) < 4.78 is 0. The molecule has 3 aromatic rings. The first kappa shape index (κ1) is 10.9. The molecule has 3 rings (SSSR count). The topological polar surface area (TPSA) is 81.5 Å². The van der Waals surface area contributed by atoms with Crippen LogP contribution in [0, 0.1) is 0 Å². The lowest BCUT2D eigenvalue weighted by Gasteiger charge is -2.02. The van der Waals surface area contributed by atoms with Crippen LogP contribution in [0.4, 0.5) is 0 Å². The van der Waals surface area contributed by atoms with E-state index in [1.54, 1.807) is 24.3 Å². The number of hydrogen-bond donors (Lipinski definition) is 3. The summed E-state index contributed by atoms with van der Waals surface area (Å²) in [7, 11) is 0. The Hall–Kier alpha value is -2.27. The van der Waals surface area contributed by atoms with Gasteiger partial charge in [0.2, 0.25) is 5.56 Å². The van der Waals surface area contributed by atoms with Crippen molar-refractivity contribution in [2.45, 2.75) is 0 Å². The number of fused-ring (bicyclic) bond motifs is 1. The van der Waals surface area contributed by atoms with Crippen LogP contribution in [0.3, 0.4) is 0 Å². The van der Waals surface area contributed by atoms with Crippen molar-refractivity contribution in [2.75, 3.05) is 0 Å². The van der Waals surface area contributed by atoms with E-state index >= 15 is 0 Å². The average molecular weight is 262 g/mol. The zero-order chi connectivity index (χ0) is 12.7. The molecule has 3 N–H and O–H groups in total. The fraction of sp³-hybridized carbons (Fsp3) is 0. The van der Waals surface area contributed by atoms with E-state index in [-0.39, 0.29) is 11.1 Å². The lowest BCUT2D eigenvalue weighted by molar-refractivity contribution is 1.06. The Kier molecular flexibility index (Phi) is 2.34. The molecule has 1 aromatic carbocycles. The van der Waals surface area contributed by atoms with E-state index in [4.69, 9.17) is 11.6 Å². The zero-order valence-electron chi connectivity index (χ0n) is 9.08. The lowest BCUT2D eigenvalue weighted by Crippen LogP contribution is -2.07. The molecule has 2 aromatic heterocycles. The molecule has 90 valence electrons. The summed E-state index contributed by atoms with van der Waals surface area (Å²) in [6.45, 7) is 0. The van der Waals surface area contributed by atoms with Gasteiger partial charge in [0.25, 0.3) is 5.56 Å². The minimum absolute atomic E-state index is 0.272. The lowest BCUT2D eigenvalue weighted by atomic mass is 10.0. The van der Waals surface area contributed by atoms with Crippen molar-refractivity contribution in [3.05, 3.63) is 56.1 Å². The smallest absolute Gasteiger partial charge is 0.274 e. The van der Waals surface area contributed by atoms with Crippen molar-refractivity contribution < 1.29 is 0 Å². The first-order chi connectivity index (χ1) is 8.65. The number of hydrogen-bond acceptors (Lipinski definition) is 2. The van der Waals surface area contributed by atoms with Crippen LogP contribution in [0.5, 0.6) is 0 Å². The SMILES string of the molecule is O=c1cc(-c2ccc(Cl)cc2)c2c(=O)[nH][nH]c2[nH]1. The number of benzene rings is 1. The second-order valence-electron chi connectivity index (χ2n) is 3.88. The number of nitrogens with one attached hydrogen (secondary N) is 3. The molecule has 6 heteroatoms. The van der Waals surface area contributed by atoms with Gasteiger partial charge in [0.1, 0.15) is 5.65 Å². The molecule has 0 fully saturated rings. The fourth-order valence-electron chi connectivity index (χ4n) is 1.93. The minimum Gasteiger partial charge on any atom is -0.307 e. The molecule has 0 saturated carbocycles. The molecule has 0 unspecified atom stereocenters. The minimum atomic E-state index is -0.275. The molecule has 0 atom stereocenters. The largest absolute Gasteiger partial charge is 0.307 e. The number of H-pyrrole nitrogens is 3. The van der Waals surface area contributed by atoms with Gasteiger partial charge in [-0.25, -0.2) is 0 Å². The van der Waals surface area contributed by atoms with Gasteiger partial charge in [0.15, 0.2) is 0 Å². The third kappa shape index (κ3) is 1.65. The van der Waals surface area contributed by atoms with E-state index < -0.39 is 0 Å². The molecule has 2 heterocycles. The van der Waals surface area contributed by atoms with Crippen molar-refractivity contribution >= 4 is 22.6 Å². The van der Waals surface area contributed by atoms with Crippen molar-refractivity contribution in [3.63, 3.8) is 0 Å². The maximum atomic E-state index is 11.7. The summed E-state index contributed by atoms with van der Waals surface area (Å²) in [6.07, 6.45) is 0. The van der Waals surface area contributed by atoms with Crippen LogP contribution in [0.1, 0.15) is 0 Å². The van der Waals surface area contributed by atoms with Crippen LogP contribution >= 0.6 is 11.6 Å². The number of aromatic amines is 3. The summed E-state index contributed by atoms with van der Waals surface area (Å²) in [5.41, 5.74) is 1.18. The molecule has 0 radical (unpaired) electrons. The number of halogens is 1. The Morgan fingerprint density at radius 3 is 2.44 bits per heavy atom. The molecule has 0 amide bonds. The van der Waals surface area contributed by atoms with Gasteiger partial charge in [-0.15, -0.1) is 0 Å². The standard InChI is InChI=1S/C12H8ClN3O2/c13-7-3-1-6(2-4-7)8-5-9(17)14-11-10(8)12(18)16-15-11/h1-5H,(H3,14,15,16,17,18). The third-order valence-electron chi connectivity index (χ3n) is 2.73. The molecule has 0 bridgehead atoms. The zero-order valence-corrected chi connectivity index (χ0v) is 9.84. The first-order valence-electron chi connectivity index (χ1n) is 5.25. The van der Waals surface area contributed by atoms with Gasteiger partial charge in [-0.2, -0.15) is 0 Å².